The number of carbonyl (C=O) groups excluding carboxylic acids is 2. The van der Waals surface area contributed by atoms with Gasteiger partial charge in [-0.05, 0) is 102 Å². The fourth-order valence-corrected chi connectivity index (χ4v) is 7.94. The molecule has 0 heterocycles. The highest BCUT2D eigenvalue weighted by molar-refractivity contribution is 5.69. The van der Waals surface area contributed by atoms with E-state index in [0.717, 1.165) is 102 Å². The molecule has 0 aliphatic heterocycles. The molecule has 322 valence electrons. The summed E-state index contributed by atoms with van der Waals surface area (Å²) in [6.45, 7) is 14.3. The Kier molecular flexibility index (Phi) is 42.1. The molecule has 54 heavy (non-hydrogen) atoms. The Labute approximate surface area is 338 Å². The van der Waals surface area contributed by atoms with Crippen LogP contribution in [0.25, 0.3) is 0 Å². The summed E-state index contributed by atoms with van der Waals surface area (Å²) < 4.78 is 11.3. The second-order valence-electron chi connectivity index (χ2n) is 16.8. The van der Waals surface area contributed by atoms with E-state index >= 15 is 0 Å². The van der Waals surface area contributed by atoms with Crippen LogP contribution in [-0.2, 0) is 19.1 Å². The smallest absolute Gasteiger partial charge is 0.305 e. The molecule has 0 aromatic carbocycles. The van der Waals surface area contributed by atoms with Gasteiger partial charge in [0, 0.05) is 12.8 Å². The van der Waals surface area contributed by atoms with Gasteiger partial charge in [0.15, 0.2) is 0 Å². The van der Waals surface area contributed by atoms with Gasteiger partial charge in [0.1, 0.15) is 0 Å². The molecule has 0 aromatic rings. The number of nitrogens with two attached hydrogens (primary N) is 1. The Hall–Kier alpha value is -1.14. The summed E-state index contributed by atoms with van der Waals surface area (Å²) in [5.41, 5.74) is 5.78. The van der Waals surface area contributed by atoms with Crippen molar-refractivity contribution in [2.45, 2.75) is 246 Å². The number of rotatable bonds is 44. The molecule has 0 unspecified atom stereocenters. The van der Waals surface area contributed by atoms with Crippen molar-refractivity contribution in [3.8, 4) is 0 Å². The molecule has 0 bridgehead atoms. The highest BCUT2D eigenvalue weighted by atomic mass is 16.5. The van der Waals surface area contributed by atoms with Crippen molar-refractivity contribution in [2.75, 3.05) is 39.4 Å². The Morgan fingerprint density at radius 3 is 1.06 bits per heavy atom. The molecule has 0 saturated heterocycles. The van der Waals surface area contributed by atoms with Crippen molar-refractivity contribution < 1.29 is 19.1 Å². The number of hydrogen-bond acceptors (Lipinski definition) is 6. The van der Waals surface area contributed by atoms with Crippen molar-refractivity contribution >= 4 is 11.9 Å². The van der Waals surface area contributed by atoms with E-state index in [4.69, 9.17) is 15.2 Å². The molecule has 0 atom stereocenters. The molecule has 0 aliphatic carbocycles. The summed E-state index contributed by atoms with van der Waals surface area (Å²) in [7, 11) is 0. The summed E-state index contributed by atoms with van der Waals surface area (Å²) in [5.74, 6) is 1.56. The summed E-state index contributed by atoms with van der Waals surface area (Å²) >= 11 is 0. The second kappa shape index (κ2) is 43.0. The molecule has 0 rings (SSSR count). The van der Waals surface area contributed by atoms with Crippen molar-refractivity contribution in [1.82, 2.24) is 4.90 Å². The van der Waals surface area contributed by atoms with Crippen LogP contribution in [0.3, 0.4) is 0 Å². The van der Waals surface area contributed by atoms with Gasteiger partial charge in [-0.2, -0.15) is 0 Å². The first-order valence-electron chi connectivity index (χ1n) is 24.2. The Balaban J connectivity index is 4.19. The Morgan fingerprint density at radius 1 is 0.407 bits per heavy atom. The molecular weight excluding hydrogens is 669 g/mol. The molecule has 6 heteroatoms. The van der Waals surface area contributed by atoms with Crippen LogP contribution >= 0.6 is 0 Å². The van der Waals surface area contributed by atoms with Crippen molar-refractivity contribution in [1.29, 1.82) is 0 Å². The largest absolute Gasteiger partial charge is 0.466 e. The van der Waals surface area contributed by atoms with E-state index in [2.05, 4.69) is 32.6 Å². The summed E-state index contributed by atoms with van der Waals surface area (Å²) in [6.07, 6.45) is 40.7. The van der Waals surface area contributed by atoms with E-state index in [1.165, 1.54) is 141 Å². The van der Waals surface area contributed by atoms with Gasteiger partial charge in [-0.3, -0.25) is 9.59 Å². The van der Waals surface area contributed by atoms with Gasteiger partial charge in [0.05, 0.1) is 13.2 Å². The quantitative estimate of drug-likeness (QED) is 0.0491. The fourth-order valence-electron chi connectivity index (χ4n) is 7.94. The number of ether oxygens (including phenoxy) is 2. The average molecular weight is 765 g/mol. The molecule has 0 aromatic heterocycles. The highest BCUT2D eigenvalue weighted by Gasteiger charge is 2.12. The lowest BCUT2D eigenvalue weighted by atomic mass is 9.91. The lowest BCUT2D eigenvalue weighted by Gasteiger charge is -2.22. The van der Waals surface area contributed by atoms with Crippen LogP contribution in [0.15, 0.2) is 0 Å². The highest BCUT2D eigenvalue weighted by Crippen LogP contribution is 2.24. The average Bonchev–Trinajstić information content (AvgIpc) is 3.17. The maximum Gasteiger partial charge on any atom is 0.305 e. The summed E-state index contributed by atoms with van der Waals surface area (Å²) in [5, 5.41) is 0. The zero-order valence-corrected chi connectivity index (χ0v) is 37.1. The zero-order chi connectivity index (χ0) is 39.6. The van der Waals surface area contributed by atoms with E-state index in [9.17, 15) is 9.59 Å². The third kappa shape index (κ3) is 37.8. The number of unbranched alkanes of at least 4 members (excludes halogenated alkanes) is 17. The normalized spacial score (nSPS) is 11.7. The fraction of sp³-hybridized carbons (Fsp3) is 0.958. The predicted octanol–water partition coefficient (Wildman–Crippen LogP) is 13.9. The first-order valence-corrected chi connectivity index (χ1v) is 24.2. The van der Waals surface area contributed by atoms with Crippen molar-refractivity contribution in [3.05, 3.63) is 0 Å². The minimum atomic E-state index is -0.0180. The molecular formula is C48H96N2O4. The number of nitrogens with zero attached hydrogens (tertiary/aromatic N) is 1. The molecule has 0 amide bonds. The third-order valence-corrected chi connectivity index (χ3v) is 11.5. The van der Waals surface area contributed by atoms with E-state index < -0.39 is 0 Å². The van der Waals surface area contributed by atoms with Gasteiger partial charge in [0.25, 0.3) is 0 Å². The maximum absolute atomic E-state index is 12.4. The molecule has 2 N–H and O–H groups in total. The van der Waals surface area contributed by atoms with Gasteiger partial charge in [0.2, 0.25) is 0 Å². The van der Waals surface area contributed by atoms with Crippen LogP contribution in [0.1, 0.15) is 246 Å². The molecule has 6 nitrogen and oxygen atoms in total. The second-order valence-corrected chi connectivity index (χ2v) is 16.8. The van der Waals surface area contributed by atoms with Crippen molar-refractivity contribution in [2.24, 2.45) is 17.6 Å². The standard InChI is InChI=1S/C48H96N2O4/c1-5-9-13-19-31-45(32-20-14-10-6-2)35-29-43-53-47(51)37-23-17-26-40-50(42-28-25-39-49)41-27-18-24-38-48(52)54-44-30-36-46(33-21-15-11-7-3)34-22-16-12-8-4/h45-46H,5-44,49H2,1-4H3. The summed E-state index contributed by atoms with van der Waals surface area (Å²) in [6, 6.07) is 0. The Morgan fingerprint density at radius 2 is 0.722 bits per heavy atom. The first-order chi connectivity index (χ1) is 26.5. The molecule has 0 aliphatic rings. The molecule has 0 fully saturated rings. The van der Waals surface area contributed by atoms with Crippen LogP contribution in [-0.4, -0.2) is 56.2 Å². The third-order valence-electron chi connectivity index (χ3n) is 11.5. The molecule has 0 saturated carbocycles. The van der Waals surface area contributed by atoms with Crippen LogP contribution in [0.2, 0.25) is 0 Å². The van der Waals surface area contributed by atoms with E-state index in [-0.39, 0.29) is 11.9 Å². The lowest BCUT2D eigenvalue weighted by Crippen LogP contribution is -2.27. The van der Waals surface area contributed by atoms with Gasteiger partial charge in [-0.15, -0.1) is 0 Å². The topological polar surface area (TPSA) is 81.9 Å². The van der Waals surface area contributed by atoms with E-state index in [1.807, 2.05) is 0 Å². The van der Waals surface area contributed by atoms with Crippen LogP contribution in [0.5, 0.6) is 0 Å². The summed E-state index contributed by atoms with van der Waals surface area (Å²) in [4.78, 5) is 27.4. The van der Waals surface area contributed by atoms with Crippen LogP contribution < -0.4 is 5.73 Å². The zero-order valence-electron chi connectivity index (χ0n) is 37.1. The van der Waals surface area contributed by atoms with Crippen molar-refractivity contribution in [3.63, 3.8) is 0 Å². The van der Waals surface area contributed by atoms with Gasteiger partial charge in [-0.25, -0.2) is 0 Å². The van der Waals surface area contributed by atoms with Crippen LogP contribution in [0, 0.1) is 11.8 Å². The van der Waals surface area contributed by atoms with Gasteiger partial charge in [-0.1, -0.05) is 169 Å². The predicted molar refractivity (Wildman–Crippen MR) is 234 cm³/mol. The number of esters is 2. The van der Waals surface area contributed by atoms with E-state index in [1.54, 1.807) is 0 Å². The Bertz CT molecular complexity index is 696. The monoisotopic (exact) mass is 765 g/mol. The SMILES string of the molecule is CCCCCCC(CCCCCC)CCCOC(=O)CCCCCN(CCCCN)CCCCCC(=O)OCCCC(CCCCCC)CCCCCC. The lowest BCUT2D eigenvalue weighted by molar-refractivity contribution is -0.144. The molecule has 0 spiro atoms. The first kappa shape index (κ1) is 52.9. The molecule has 0 radical (unpaired) electrons. The number of carbonyl (C=O) groups is 2. The van der Waals surface area contributed by atoms with Crippen LogP contribution in [0.4, 0.5) is 0 Å². The maximum atomic E-state index is 12.4. The minimum Gasteiger partial charge on any atom is -0.466 e. The van der Waals surface area contributed by atoms with Gasteiger partial charge >= 0.3 is 11.9 Å². The van der Waals surface area contributed by atoms with E-state index in [0.29, 0.717) is 26.1 Å². The number of hydrogen-bond donors (Lipinski definition) is 1. The minimum absolute atomic E-state index is 0.0180. The van der Waals surface area contributed by atoms with Gasteiger partial charge < -0.3 is 20.1 Å².